The Balaban J connectivity index is -0.000000637. The Labute approximate surface area is 138 Å². The lowest BCUT2D eigenvalue weighted by molar-refractivity contribution is 0.0708. The molecule has 6 nitrogen and oxygen atoms in total. The molecule has 0 fully saturated rings. The molecule has 136 valence electrons. The highest BCUT2D eigenvalue weighted by Gasteiger charge is 2.39. The summed E-state index contributed by atoms with van der Waals surface area (Å²) in [6.45, 7) is 19.0. The van der Waals surface area contributed by atoms with Crippen LogP contribution < -0.4 is 16.8 Å². The van der Waals surface area contributed by atoms with Gasteiger partial charge in [-0.05, 0) is 40.3 Å². The predicted octanol–water partition coefficient (Wildman–Crippen LogP) is 1.74. The molecule has 0 aromatic heterocycles. The van der Waals surface area contributed by atoms with E-state index in [0.29, 0.717) is 26.4 Å². The number of hydrogen-bond acceptors (Lipinski definition) is 6. The van der Waals surface area contributed by atoms with Crippen molar-refractivity contribution < 1.29 is 13.3 Å². The van der Waals surface area contributed by atoms with E-state index >= 15 is 0 Å². The highest BCUT2D eigenvalue weighted by atomic mass is 28.4. The molecule has 0 aromatic carbocycles. The maximum Gasteiger partial charge on any atom is 0.500 e. The normalized spacial score (nSPS) is 10.3. The van der Waals surface area contributed by atoms with Crippen molar-refractivity contribution in [1.82, 2.24) is 5.32 Å². The molecule has 0 radical (unpaired) electrons. The van der Waals surface area contributed by atoms with Crippen molar-refractivity contribution in [1.29, 1.82) is 0 Å². The molecule has 0 heterocycles. The molecule has 22 heavy (non-hydrogen) atoms. The van der Waals surface area contributed by atoms with E-state index in [0.717, 1.165) is 32.1 Å². The van der Waals surface area contributed by atoms with E-state index in [2.05, 4.69) is 18.5 Å². The molecule has 5 N–H and O–H groups in total. The van der Waals surface area contributed by atoms with Gasteiger partial charge < -0.3 is 30.1 Å². The Morgan fingerprint density at radius 1 is 0.864 bits per heavy atom. The third kappa shape index (κ3) is 17.8. The van der Waals surface area contributed by atoms with Gasteiger partial charge in [-0.2, -0.15) is 0 Å². The topological polar surface area (TPSA) is 91.8 Å². The van der Waals surface area contributed by atoms with Gasteiger partial charge in [0.2, 0.25) is 0 Å². The van der Waals surface area contributed by atoms with Crippen molar-refractivity contribution in [2.75, 3.05) is 46.0 Å². The summed E-state index contributed by atoms with van der Waals surface area (Å²) in [6, 6.07) is 0.861. The Kier molecular flexibility index (Phi) is 27.8. The molecule has 0 rings (SSSR count). The molecular weight excluding hydrogens is 298 g/mol. The van der Waals surface area contributed by atoms with Crippen LogP contribution in [0.5, 0.6) is 0 Å². The Hall–Kier alpha value is -0.283. The Morgan fingerprint density at radius 2 is 1.27 bits per heavy atom. The van der Waals surface area contributed by atoms with Gasteiger partial charge in [0.25, 0.3) is 0 Å². The van der Waals surface area contributed by atoms with Crippen LogP contribution in [0.3, 0.4) is 0 Å². The van der Waals surface area contributed by atoms with Crippen LogP contribution in [0.1, 0.15) is 34.1 Å². The Bertz CT molecular complexity index is 184. The fourth-order valence-electron chi connectivity index (χ4n) is 1.66. The number of hydrogen-bond donors (Lipinski definition) is 3. The standard InChI is InChI=1S/C11H28N2O3Si.C2H7N.C2H4/c1-4-14-17(15-5-2,16-6-3)11-7-9-13-10-8-12;1-2-3;1-2/h13H,4-12H2,1-3H3;2-3H2,1H3;1-2H2. The lowest BCUT2D eigenvalue weighted by Gasteiger charge is -2.28. The molecule has 0 atom stereocenters. The summed E-state index contributed by atoms with van der Waals surface area (Å²) in [6.07, 6.45) is 0.992. The summed E-state index contributed by atoms with van der Waals surface area (Å²) in [5.74, 6) is 0. The van der Waals surface area contributed by atoms with Crippen LogP contribution in [-0.2, 0) is 13.3 Å². The molecule has 0 aliphatic carbocycles. The van der Waals surface area contributed by atoms with Gasteiger partial charge in [0, 0.05) is 39.0 Å². The van der Waals surface area contributed by atoms with Gasteiger partial charge in [-0.15, -0.1) is 13.2 Å². The van der Waals surface area contributed by atoms with Gasteiger partial charge in [-0.3, -0.25) is 0 Å². The third-order valence-corrected chi connectivity index (χ3v) is 5.40. The molecule has 0 saturated heterocycles. The van der Waals surface area contributed by atoms with Gasteiger partial charge >= 0.3 is 8.80 Å². The molecule has 0 unspecified atom stereocenters. The van der Waals surface area contributed by atoms with Gasteiger partial charge in [-0.25, -0.2) is 0 Å². The second-order valence-corrected chi connectivity index (χ2v) is 6.76. The molecule has 0 saturated carbocycles. The molecule has 0 aromatic rings. The van der Waals surface area contributed by atoms with Crippen molar-refractivity contribution >= 4 is 8.80 Å². The van der Waals surface area contributed by atoms with Crippen LogP contribution in [-0.4, -0.2) is 54.8 Å². The molecule has 7 heteroatoms. The fraction of sp³-hybridized carbons (Fsp3) is 0.867. The van der Waals surface area contributed by atoms with Crippen LogP contribution in [0.2, 0.25) is 6.04 Å². The average Bonchev–Trinajstić information content (AvgIpc) is 2.51. The first kappa shape index (κ1) is 26.6. The van der Waals surface area contributed by atoms with Crippen LogP contribution in [0.25, 0.3) is 0 Å². The molecule has 0 aliphatic rings. The third-order valence-electron chi connectivity index (χ3n) is 2.25. The summed E-state index contributed by atoms with van der Waals surface area (Å²) in [4.78, 5) is 0. The predicted molar refractivity (Wildman–Crippen MR) is 98.0 cm³/mol. The van der Waals surface area contributed by atoms with E-state index in [4.69, 9.17) is 24.7 Å². The van der Waals surface area contributed by atoms with Crippen LogP contribution in [0, 0.1) is 0 Å². The number of nitrogens with one attached hydrogen (secondary N) is 1. The zero-order valence-electron chi connectivity index (χ0n) is 15.2. The van der Waals surface area contributed by atoms with E-state index < -0.39 is 8.80 Å². The second kappa shape index (κ2) is 23.0. The van der Waals surface area contributed by atoms with Crippen molar-refractivity contribution in [3.05, 3.63) is 13.2 Å². The van der Waals surface area contributed by atoms with Crippen LogP contribution in [0.15, 0.2) is 13.2 Å². The SMILES string of the molecule is C=C.CCN.CCO[Si](CCCNCCN)(OCC)OCC. The second-order valence-electron chi connectivity index (χ2n) is 4.03. The van der Waals surface area contributed by atoms with Crippen molar-refractivity contribution in [2.24, 2.45) is 11.5 Å². The first-order valence-corrected chi connectivity index (χ1v) is 10.1. The summed E-state index contributed by atoms with van der Waals surface area (Å²) in [5.41, 5.74) is 10.3. The molecule has 0 aliphatic heterocycles. The van der Waals surface area contributed by atoms with E-state index in [-0.39, 0.29) is 0 Å². The van der Waals surface area contributed by atoms with Gasteiger partial charge in [0.15, 0.2) is 0 Å². The fourth-order valence-corrected chi connectivity index (χ4v) is 4.27. The monoisotopic (exact) mass is 337 g/mol. The van der Waals surface area contributed by atoms with E-state index in [1.54, 1.807) is 0 Å². The minimum absolute atomic E-state index is 0.641. The maximum atomic E-state index is 5.76. The molecule has 0 spiro atoms. The Morgan fingerprint density at radius 3 is 1.59 bits per heavy atom. The molecule has 0 bridgehead atoms. The maximum absolute atomic E-state index is 5.76. The largest absolute Gasteiger partial charge is 0.500 e. The highest BCUT2D eigenvalue weighted by Crippen LogP contribution is 2.17. The quantitative estimate of drug-likeness (QED) is 0.285. The van der Waals surface area contributed by atoms with Gasteiger partial charge in [0.1, 0.15) is 0 Å². The minimum Gasteiger partial charge on any atom is -0.374 e. The summed E-state index contributed by atoms with van der Waals surface area (Å²) < 4.78 is 17.3. The summed E-state index contributed by atoms with van der Waals surface area (Å²) >= 11 is 0. The summed E-state index contributed by atoms with van der Waals surface area (Å²) in [7, 11) is -2.43. The number of nitrogens with two attached hydrogens (primary N) is 2. The summed E-state index contributed by atoms with van der Waals surface area (Å²) in [5, 5.41) is 3.26. The van der Waals surface area contributed by atoms with Gasteiger partial charge in [0.05, 0.1) is 0 Å². The lowest BCUT2D eigenvalue weighted by Crippen LogP contribution is -2.46. The zero-order chi connectivity index (χ0) is 17.7. The molecular formula is C15H39N3O3Si. The van der Waals surface area contributed by atoms with Crippen LogP contribution >= 0.6 is 0 Å². The van der Waals surface area contributed by atoms with E-state index in [1.165, 1.54) is 0 Å². The first-order valence-electron chi connectivity index (χ1n) is 8.18. The lowest BCUT2D eigenvalue weighted by atomic mass is 10.5. The van der Waals surface area contributed by atoms with Crippen LogP contribution in [0.4, 0.5) is 0 Å². The minimum atomic E-state index is -2.43. The van der Waals surface area contributed by atoms with Crippen molar-refractivity contribution in [3.63, 3.8) is 0 Å². The number of rotatable bonds is 12. The smallest absolute Gasteiger partial charge is 0.374 e. The van der Waals surface area contributed by atoms with E-state index in [9.17, 15) is 0 Å². The zero-order valence-corrected chi connectivity index (χ0v) is 16.2. The van der Waals surface area contributed by atoms with E-state index in [1.807, 2.05) is 27.7 Å². The van der Waals surface area contributed by atoms with Crippen molar-refractivity contribution in [3.8, 4) is 0 Å². The molecule has 0 amide bonds. The first-order chi connectivity index (χ1) is 10.7. The van der Waals surface area contributed by atoms with Gasteiger partial charge in [-0.1, -0.05) is 6.92 Å². The highest BCUT2D eigenvalue weighted by molar-refractivity contribution is 6.60. The van der Waals surface area contributed by atoms with Crippen molar-refractivity contribution in [2.45, 2.75) is 40.2 Å². The average molecular weight is 338 g/mol.